The molecule has 0 heterocycles. The second-order valence-corrected chi connectivity index (χ2v) is 11.2. The molecule has 1 N–H and O–H groups in total. The van der Waals surface area contributed by atoms with Gasteiger partial charge in [-0.2, -0.15) is 0 Å². The van der Waals surface area contributed by atoms with Gasteiger partial charge in [0.2, 0.25) is 21.8 Å². The fourth-order valence-corrected chi connectivity index (χ4v) is 4.86. The van der Waals surface area contributed by atoms with E-state index in [2.05, 4.69) is 5.32 Å². The number of nitrogens with zero attached hydrogens (tertiary/aromatic N) is 2. The molecule has 2 amide bonds. The Morgan fingerprint density at radius 2 is 1.66 bits per heavy atom. The first-order valence-electron chi connectivity index (χ1n) is 11.8. The number of benzene rings is 2. The average molecular weight is 522 g/mol. The van der Waals surface area contributed by atoms with Crippen molar-refractivity contribution < 1.29 is 18.0 Å². The summed E-state index contributed by atoms with van der Waals surface area (Å²) in [6, 6.07) is 13.8. The number of aryl methyl sites for hydroxylation is 1. The summed E-state index contributed by atoms with van der Waals surface area (Å²) in [5, 5.41) is 3.36. The van der Waals surface area contributed by atoms with Gasteiger partial charge < -0.3 is 10.2 Å². The summed E-state index contributed by atoms with van der Waals surface area (Å²) in [6.07, 6.45) is 2.41. The van der Waals surface area contributed by atoms with Gasteiger partial charge in [-0.3, -0.25) is 13.9 Å². The van der Waals surface area contributed by atoms with E-state index in [4.69, 9.17) is 11.6 Å². The van der Waals surface area contributed by atoms with Crippen LogP contribution in [-0.2, 0) is 32.6 Å². The van der Waals surface area contributed by atoms with Crippen molar-refractivity contribution in [3.63, 3.8) is 0 Å². The van der Waals surface area contributed by atoms with E-state index >= 15 is 0 Å². The van der Waals surface area contributed by atoms with Gasteiger partial charge in [-0.25, -0.2) is 8.42 Å². The number of carbonyl (C=O) groups excluding carboxylic acids is 2. The van der Waals surface area contributed by atoms with E-state index in [0.717, 1.165) is 23.8 Å². The van der Waals surface area contributed by atoms with Gasteiger partial charge >= 0.3 is 0 Å². The SMILES string of the molecule is CCc1ccc(N(CCCC(=O)N(Cc2ccccc2Cl)[C@H](C)C(=O)NC(C)C)S(C)(=O)=O)cc1. The van der Waals surface area contributed by atoms with Crippen molar-refractivity contribution in [1.82, 2.24) is 10.2 Å². The number of halogens is 1. The molecule has 192 valence electrons. The van der Waals surface area contributed by atoms with Crippen LogP contribution in [0.2, 0.25) is 5.02 Å². The molecule has 0 aliphatic heterocycles. The predicted molar refractivity (Wildman–Crippen MR) is 142 cm³/mol. The number of rotatable bonds is 12. The number of hydrogen-bond donors (Lipinski definition) is 1. The van der Waals surface area contributed by atoms with Crippen LogP contribution in [0.15, 0.2) is 48.5 Å². The van der Waals surface area contributed by atoms with Crippen LogP contribution in [0.4, 0.5) is 5.69 Å². The second-order valence-electron chi connectivity index (χ2n) is 8.91. The Morgan fingerprint density at radius 1 is 1.03 bits per heavy atom. The van der Waals surface area contributed by atoms with E-state index in [9.17, 15) is 18.0 Å². The Bertz CT molecular complexity index is 1100. The zero-order valence-electron chi connectivity index (χ0n) is 21.1. The second kappa shape index (κ2) is 12.9. The first-order valence-corrected chi connectivity index (χ1v) is 14.1. The minimum atomic E-state index is -3.53. The molecule has 35 heavy (non-hydrogen) atoms. The van der Waals surface area contributed by atoms with Gasteiger partial charge in [0.05, 0.1) is 11.9 Å². The minimum Gasteiger partial charge on any atom is -0.352 e. The normalized spacial score (nSPS) is 12.3. The summed E-state index contributed by atoms with van der Waals surface area (Å²) in [5.74, 6) is -0.500. The zero-order valence-corrected chi connectivity index (χ0v) is 22.7. The van der Waals surface area contributed by atoms with Crippen LogP contribution in [0.1, 0.15) is 51.7 Å². The molecule has 2 rings (SSSR count). The maximum absolute atomic E-state index is 13.3. The third-order valence-corrected chi connectivity index (χ3v) is 7.24. The fraction of sp³-hybridized carbons (Fsp3) is 0.462. The van der Waals surface area contributed by atoms with Gasteiger partial charge in [0, 0.05) is 30.6 Å². The fourth-order valence-electron chi connectivity index (χ4n) is 3.70. The Kier molecular flexibility index (Phi) is 10.6. The molecule has 0 unspecified atom stereocenters. The molecule has 0 bridgehead atoms. The van der Waals surface area contributed by atoms with Crippen molar-refractivity contribution in [3.05, 3.63) is 64.7 Å². The summed E-state index contributed by atoms with van der Waals surface area (Å²) >= 11 is 6.32. The zero-order chi connectivity index (χ0) is 26.2. The molecule has 0 aromatic heterocycles. The Balaban J connectivity index is 2.17. The van der Waals surface area contributed by atoms with Crippen LogP contribution in [0.5, 0.6) is 0 Å². The lowest BCUT2D eigenvalue weighted by atomic mass is 10.1. The first-order chi connectivity index (χ1) is 16.4. The Hall–Kier alpha value is -2.58. The predicted octanol–water partition coefficient (Wildman–Crippen LogP) is 4.39. The maximum atomic E-state index is 13.3. The minimum absolute atomic E-state index is 0.0652. The van der Waals surface area contributed by atoms with Crippen molar-refractivity contribution >= 4 is 39.1 Å². The molecule has 2 aromatic carbocycles. The highest BCUT2D eigenvalue weighted by Crippen LogP contribution is 2.22. The maximum Gasteiger partial charge on any atom is 0.242 e. The molecule has 1 atom stereocenters. The van der Waals surface area contributed by atoms with Gasteiger partial charge in [-0.05, 0) is 62.9 Å². The van der Waals surface area contributed by atoms with Crippen LogP contribution in [0, 0.1) is 0 Å². The molecule has 7 nitrogen and oxygen atoms in total. The highest BCUT2D eigenvalue weighted by molar-refractivity contribution is 7.92. The van der Waals surface area contributed by atoms with E-state index in [1.165, 1.54) is 9.21 Å². The Morgan fingerprint density at radius 3 is 2.20 bits per heavy atom. The topological polar surface area (TPSA) is 86.8 Å². The number of amides is 2. The van der Waals surface area contributed by atoms with Crippen molar-refractivity contribution in [2.75, 3.05) is 17.1 Å². The van der Waals surface area contributed by atoms with Crippen molar-refractivity contribution in [3.8, 4) is 0 Å². The molecule has 9 heteroatoms. The summed E-state index contributed by atoms with van der Waals surface area (Å²) < 4.78 is 26.2. The number of nitrogens with one attached hydrogen (secondary N) is 1. The van der Waals surface area contributed by atoms with Crippen molar-refractivity contribution in [2.24, 2.45) is 0 Å². The molecule has 0 saturated heterocycles. The Labute approximate surface area is 214 Å². The number of anilines is 1. The standard InChI is InChI=1S/C26H36ClN3O4S/c1-6-21-13-15-23(16-14-21)30(35(5,33)34)17-9-12-25(31)29(20(4)26(32)28-19(2)3)18-22-10-7-8-11-24(22)27/h7-8,10-11,13-16,19-20H,6,9,12,17-18H2,1-5H3,(H,28,32)/t20-/m1/s1. The molecular formula is C26H36ClN3O4S. The summed E-state index contributed by atoms with van der Waals surface area (Å²) in [7, 11) is -3.53. The molecule has 0 aliphatic rings. The molecule has 0 fully saturated rings. The summed E-state index contributed by atoms with van der Waals surface area (Å²) in [4.78, 5) is 27.5. The summed E-state index contributed by atoms with van der Waals surface area (Å²) in [6.45, 7) is 7.77. The monoisotopic (exact) mass is 521 g/mol. The lowest BCUT2D eigenvalue weighted by Gasteiger charge is -2.30. The van der Waals surface area contributed by atoms with E-state index < -0.39 is 16.1 Å². The van der Waals surface area contributed by atoms with Crippen LogP contribution in [-0.4, -0.2) is 50.0 Å². The molecule has 0 spiro atoms. The lowest BCUT2D eigenvalue weighted by Crippen LogP contribution is -2.49. The third-order valence-electron chi connectivity index (χ3n) is 5.68. The molecule has 0 saturated carbocycles. The molecule has 0 aliphatic carbocycles. The van der Waals surface area contributed by atoms with Gasteiger partial charge in [0.15, 0.2) is 0 Å². The van der Waals surface area contributed by atoms with Gasteiger partial charge in [0.25, 0.3) is 0 Å². The molecule has 0 radical (unpaired) electrons. The number of hydrogen-bond acceptors (Lipinski definition) is 4. The first kappa shape index (κ1) is 28.7. The van der Waals surface area contributed by atoms with Gasteiger partial charge in [-0.15, -0.1) is 0 Å². The highest BCUT2D eigenvalue weighted by atomic mass is 35.5. The average Bonchev–Trinajstić information content (AvgIpc) is 2.79. The lowest BCUT2D eigenvalue weighted by molar-refractivity contribution is -0.140. The molecular weight excluding hydrogens is 486 g/mol. The largest absolute Gasteiger partial charge is 0.352 e. The smallest absolute Gasteiger partial charge is 0.242 e. The van der Waals surface area contributed by atoms with Crippen molar-refractivity contribution in [1.29, 1.82) is 0 Å². The quantitative estimate of drug-likeness (QED) is 0.448. The van der Waals surface area contributed by atoms with E-state index in [1.807, 2.05) is 45.0 Å². The number of sulfonamides is 1. The highest BCUT2D eigenvalue weighted by Gasteiger charge is 2.27. The van der Waals surface area contributed by atoms with Gasteiger partial charge in [-0.1, -0.05) is 48.9 Å². The van der Waals surface area contributed by atoms with E-state index in [1.54, 1.807) is 31.2 Å². The third kappa shape index (κ3) is 8.54. The van der Waals surface area contributed by atoms with Crippen LogP contribution in [0.3, 0.4) is 0 Å². The van der Waals surface area contributed by atoms with Gasteiger partial charge in [0.1, 0.15) is 6.04 Å². The molecule has 2 aromatic rings. The van der Waals surface area contributed by atoms with Crippen LogP contribution in [0.25, 0.3) is 0 Å². The number of carbonyl (C=O) groups is 2. The van der Waals surface area contributed by atoms with Crippen LogP contribution < -0.4 is 9.62 Å². The van der Waals surface area contributed by atoms with E-state index in [-0.39, 0.29) is 37.4 Å². The summed E-state index contributed by atoms with van der Waals surface area (Å²) in [5.41, 5.74) is 2.41. The van der Waals surface area contributed by atoms with Crippen molar-refractivity contribution in [2.45, 2.75) is 65.6 Å². The van der Waals surface area contributed by atoms with E-state index in [0.29, 0.717) is 17.1 Å². The van der Waals surface area contributed by atoms with Crippen LogP contribution >= 0.6 is 11.6 Å².